The molecule has 2 N–H and O–H groups in total. The molecule has 110 valence electrons. The lowest BCUT2D eigenvalue weighted by Crippen LogP contribution is -2.17. The molecule has 0 aromatic heterocycles. The van der Waals surface area contributed by atoms with Crippen LogP contribution in [-0.2, 0) is 6.42 Å². The predicted molar refractivity (Wildman–Crippen MR) is 83.2 cm³/mol. The summed E-state index contributed by atoms with van der Waals surface area (Å²) >= 11 is 0. The lowest BCUT2D eigenvalue weighted by molar-refractivity contribution is 0.102. The van der Waals surface area contributed by atoms with Gasteiger partial charge >= 0.3 is 0 Å². The minimum atomic E-state index is -0.323. The number of carbonyl (C=O) groups excluding carboxylic acids is 1. The third-order valence-corrected chi connectivity index (χ3v) is 3.34. The Morgan fingerprint density at radius 1 is 1.19 bits per heavy atom. The van der Waals surface area contributed by atoms with Crippen molar-refractivity contribution >= 4 is 11.6 Å². The average Bonchev–Trinajstić information content (AvgIpc) is 2.49. The number of carbonyl (C=O) groups is 1. The van der Waals surface area contributed by atoms with Crippen LogP contribution in [0.4, 0.5) is 10.1 Å². The van der Waals surface area contributed by atoms with E-state index in [0.29, 0.717) is 16.8 Å². The van der Waals surface area contributed by atoms with E-state index in [9.17, 15) is 9.18 Å². The summed E-state index contributed by atoms with van der Waals surface area (Å²) in [6.45, 7) is 2.48. The van der Waals surface area contributed by atoms with E-state index in [-0.39, 0.29) is 11.7 Å². The van der Waals surface area contributed by atoms with Crippen LogP contribution in [-0.4, -0.2) is 19.5 Å². The molecule has 0 aliphatic carbocycles. The first-order chi connectivity index (χ1) is 10.1. The van der Waals surface area contributed by atoms with Crippen molar-refractivity contribution in [1.82, 2.24) is 5.32 Å². The van der Waals surface area contributed by atoms with E-state index in [1.807, 2.05) is 25.2 Å². The molecule has 0 saturated heterocycles. The fourth-order valence-electron chi connectivity index (χ4n) is 2.09. The van der Waals surface area contributed by atoms with Crippen LogP contribution < -0.4 is 10.6 Å². The Bertz CT molecular complexity index is 640. The van der Waals surface area contributed by atoms with Gasteiger partial charge in [0.2, 0.25) is 0 Å². The van der Waals surface area contributed by atoms with Crippen molar-refractivity contribution in [1.29, 1.82) is 0 Å². The number of aryl methyl sites for hydroxylation is 1. The van der Waals surface area contributed by atoms with Gasteiger partial charge in [-0.15, -0.1) is 0 Å². The minimum absolute atomic E-state index is 0.218. The summed E-state index contributed by atoms with van der Waals surface area (Å²) in [6, 6.07) is 12.1. The molecule has 2 aromatic rings. The van der Waals surface area contributed by atoms with Gasteiger partial charge in [-0.05, 0) is 56.3 Å². The molecule has 3 nitrogen and oxygen atoms in total. The summed E-state index contributed by atoms with van der Waals surface area (Å²) < 4.78 is 13.5. The molecule has 0 unspecified atom stereocenters. The number of benzene rings is 2. The summed E-state index contributed by atoms with van der Waals surface area (Å²) in [5, 5.41) is 5.81. The van der Waals surface area contributed by atoms with Crippen molar-refractivity contribution in [3.8, 4) is 0 Å². The molecule has 0 fully saturated rings. The van der Waals surface area contributed by atoms with Crippen molar-refractivity contribution in [2.75, 3.05) is 18.9 Å². The lowest BCUT2D eigenvalue weighted by atomic mass is 10.0. The Hall–Kier alpha value is -2.20. The highest BCUT2D eigenvalue weighted by Gasteiger charge is 2.11. The van der Waals surface area contributed by atoms with Gasteiger partial charge in [-0.2, -0.15) is 0 Å². The molecule has 2 rings (SSSR count). The monoisotopic (exact) mass is 286 g/mol. The number of amides is 1. The first-order valence-electron chi connectivity index (χ1n) is 6.92. The van der Waals surface area contributed by atoms with Gasteiger partial charge in [0.1, 0.15) is 5.82 Å². The molecule has 1 amide bonds. The van der Waals surface area contributed by atoms with Crippen LogP contribution in [0.25, 0.3) is 0 Å². The maximum atomic E-state index is 13.5. The SMILES string of the molecule is CNCCc1ccccc1C(=O)Nc1ccc(C)c(F)c1. The molecule has 4 heteroatoms. The number of anilines is 1. The van der Waals surface area contributed by atoms with E-state index in [1.165, 1.54) is 6.07 Å². The summed E-state index contributed by atoms with van der Waals surface area (Å²) in [5.74, 6) is -0.541. The molecule has 2 aromatic carbocycles. The van der Waals surface area contributed by atoms with Crippen LogP contribution >= 0.6 is 0 Å². The highest BCUT2D eigenvalue weighted by Crippen LogP contribution is 2.16. The quantitative estimate of drug-likeness (QED) is 0.886. The molecule has 0 bridgehead atoms. The average molecular weight is 286 g/mol. The van der Waals surface area contributed by atoms with Crippen LogP contribution in [0.5, 0.6) is 0 Å². The number of hydrogen-bond donors (Lipinski definition) is 2. The van der Waals surface area contributed by atoms with Crippen molar-refractivity contribution in [3.05, 3.63) is 65.0 Å². The highest BCUT2D eigenvalue weighted by molar-refractivity contribution is 6.05. The second-order valence-electron chi connectivity index (χ2n) is 4.93. The standard InChI is InChI=1S/C17H19FN2O/c1-12-7-8-14(11-16(12)18)20-17(21)15-6-4-3-5-13(15)9-10-19-2/h3-8,11,19H,9-10H2,1-2H3,(H,20,21). The molecular weight excluding hydrogens is 267 g/mol. The van der Waals surface area contributed by atoms with E-state index < -0.39 is 0 Å². The van der Waals surface area contributed by atoms with Gasteiger partial charge in [0.15, 0.2) is 0 Å². The maximum Gasteiger partial charge on any atom is 0.255 e. The van der Waals surface area contributed by atoms with Crippen molar-refractivity contribution < 1.29 is 9.18 Å². The highest BCUT2D eigenvalue weighted by atomic mass is 19.1. The van der Waals surface area contributed by atoms with Crippen LogP contribution in [0.1, 0.15) is 21.5 Å². The fraction of sp³-hybridized carbons (Fsp3) is 0.235. The number of hydrogen-bond acceptors (Lipinski definition) is 2. The van der Waals surface area contributed by atoms with Gasteiger partial charge in [-0.1, -0.05) is 24.3 Å². The number of halogens is 1. The predicted octanol–water partition coefficient (Wildman–Crippen LogP) is 3.15. The van der Waals surface area contributed by atoms with E-state index in [1.54, 1.807) is 25.1 Å². The molecular formula is C17H19FN2O. The number of nitrogens with one attached hydrogen (secondary N) is 2. The van der Waals surface area contributed by atoms with E-state index in [0.717, 1.165) is 18.5 Å². The van der Waals surface area contributed by atoms with Gasteiger partial charge in [0, 0.05) is 11.3 Å². The van der Waals surface area contributed by atoms with Crippen LogP contribution in [0.15, 0.2) is 42.5 Å². The van der Waals surface area contributed by atoms with Crippen molar-refractivity contribution in [3.63, 3.8) is 0 Å². The Kier molecular flexibility index (Phi) is 5.06. The van der Waals surface area contributed by atoms with E-state index in [4.69, 9.17) is 0 Å². The van der Waals surface area contributed by atoms with Crippen molar-refractivity contribution in [2.24, 2.45) is 0 Å². The van der Waals surface area contributed by atoms with E-state index in [2.05, 4.69) is 10.6 Å². The summed E-state index contributed by atoms with van der Waals surface area (Å²) in [5.41, 5.74) is 2.61. The normalized spacial score (nSPS) is 10.4. The molecule has 0 atom stereocenters. The molecule has 0 heterocycles. The van der Waals surface area contributed by atoms with Gasteiger partial charge in [0.25, 0.3) is 5.91 Å². The van der Waals surface area contributed by atoms with Gasteiger partial charge in [-0.3, -0.25) is 4.79 Å². The first-order valence-corrected chi connectivity index (χ1v) is 6.92. The van der Waals surface area contributed by atoms with Gasteiger partial charge in [-0.25, -0.2) is 4.39 Å². The van der Waals surface area contributed by atoms with Crippen LogP contribution in [0, 0.1) is 12.7 Å². The summed E-state index contributed by atoms with van der Waals surface area (Å²) in [7, 11) is 1.87. The molecule has 0 spiro atoms. The smallest absolute Gasteiger partial charge is 0.255 e. The summed E-state index contributed by atoms with van der Waals surface area (Å²) in [4.78, 5) is 12.3. The van der Waals surface area contributed by atoms with E-state index >= 15 is 0 Å². The second kappa shape index (κ2) is 6.99. The van der Waals surface area contributed by atoms with Crippen molar-refractivity contribution in [2.45, 2.75) is 13.3 Å². The van der Waals surface area contributed by atoms with Crippen LogP contribution in [0.3, 0.4) is 0 Å². The largest absolute Gasteiger partial charge is 0.322 e. The Labute approximate surface area is 124 Å². The summed E-state index contributed by atoms with van der Waals surface area (Å²) in [6.07, 6.45) is 0.766. The lowest BCUT2D eigenvalue weighted by Gasteiger charge is -2.10. The van der Waals surface area contributed by atoms with Crippen LogP contribution in [0.2, 0.25) is 0 Å². The third kappa shape index (κ3) is 3.89. The zero-order chi connectivity index (χ0) is 15.2. The zero-order valence-electron chi connectivity index (χ0n) is 12.2. The third-order valence-electron chi connectivity index (χ3n) is 3.34. The molecule has 0 saturated carbocycles. The van der Waals surface area contributed by atoms with Gasteiger partial charge in [0.05, 0.1) is 0 Å². The Morgan fingerprint density at radius 2 is 1.95 bits per heavy atom. The molecule has 0 aliphatic heterocycles. The Morgan fingerprint density at radius 3 is 2.67 bits per heavy atom. The first kappa shape index (κ1) is 15.2. The molecule has 0 aliphatic rings. The maximum absolute atomic E-state index is 13.5. The molecule has 0 radical (unpaired) electrons. The zero-order valence-corrected chi connectivity index (χ0v) is 12.2. The Balaban J connectivity index is 2.18. The minimum Gasteiger partial charge on any atom is -0.322 e. The number of likely N-dealkylation sites (N-methyl/N-ethyl adjacent to an activating group) is 1. The fourth-order valence-corrected chi connectivity index (χ4v) is 2.09. The second-order valence-corrected chi connectivity index (χ2v) is 4.93. The number of rotatable bonds is 5. The topological polar surface area (TPSA) is 41.1 Å². The van der Waals surface area contributed by atoms with Gasteiger partial charge < -0.3 is 10.6 Å². The molecule has 21 heavy (non-hydrogen) atoms.